The topological polar surface area (TPSA) is 60.5 Å². The summed E-state index contributed by atoms with van der Waals surface area (Å²) in [4.78, 5) is 18.4. The largest absolute Gasteiger partial charge is 0.497 e. The summed E-state index contributed by atoms with van der Waals surface area (Å²) in [5.74, 6) is 0.357. The molecule has 2 saturated heterocycles. The molecule has 1 spiro atoms. The van der Waals surface area contributed by atoms with Crippen LogP contribution in [0.25, 0.3) is 0 Å². The highest BCUT2D eigenvalue weighted by molar-refractivity contribution is 7.79. The van der Waals surface area contributed by atoms with E-state index in [0.717, 1.165) is 37.4 Å². The van der Waals surface area contributed by atoms with E-state index in [1.807, 2.05) is 13.1 Å². The van der Waals surface area contributed by atoms with Gasteiger partial charge in [0.2, 0.25) is 0 Å². The van der Waals surface area contributed by atoms with Crippen molar-refractivity contribution < 1.29 is 23.7 Å². The van der Waals surface area contributed by atoms with Gasteiger partial charge in [-0.05, 0) is 31.0 Å². The number of hydrogen-bond acceptors (Lipinski definition) is 8. The zero-order valence-electron chi connectivity index (χ0n) is 18.8. The third-order valence-corrected chi connectivity index (χ3v) is 8.95. The first kappa shape index (κ1) is 20.3. The number of ether oxygens (including phenoxy) is 4. The lowest BCUT2D eigenvalue weighted by Gasteiger charge is -2.61. The van der Waals surface area contributed by atoms with E-state index < -0.39 is 23.1 Å². The van der Waals surface area contributed by atoms with Crippen molar-refractivity contribution in [3.63, 3.8) is 0 Å². The van der Waals surface area contributed by atoms with Crippen LogP contribution >= 0.6 is 12.2 Å². The Morgan fingerprint density at radius 1 is 1.31 bits per heavy atom. The van der Waals surface area contributed by atoms with E-state index in [-0.39, 0.29) is 22.7 Å². The van der Waals surface area contributed by atoms with Crippen molar-refractivity contribution >= 4 is 29.1 Å². The second-order valence-corrected chi connectivity index (χ2v) is 9.92. The number of benzene rings is 1. The molecule has 6 rings (SSSR count). The van der Waals surface area contributed by atoms with E-state index >= 15 is 0 Å². The maximum atomic E-state index is 13.7. The van der Waals surface area contributed by atoms with Gasteiger partial charge in [-0.1, -0.05) is 25.1 Å². The van der Waals surface area contributed by atoms with Crippen LogP contribution < -0.4 is 9.64 Å². The summed E-state index contributed by atoms with van der Waals surface area (Å²) in [7, 11) is 5.12. The summed E-state index contributed by atoms with van der Waals surface area (Å²) in [5, 5.41) is 0.0239. The number of rotatable bonds is 3. The fourth-order valence-electron chi connectivity index (χ4n) is 7.88. The van der Waals surface area contributed by atoms with Gasteiger partial charge in [0, 0.05) is 54.4 Å². The summed E-state index contributed by atoms with van der Waals surface area (Å²) < 4.78 is 23.5. The second-order valence-electron chi connectivity index (χ2n) is 9.59. The average Bonchev–Trinajstić information content (AvgIpc) is 3.45. The van der Waals surface area contributed by atoms with Gasteiger partial charge in [0.05, 0.1) is 20.3 Å². The molecular formula is C24H28N2O5S. The lowest BCUT2D eigenvalue weighted by Crippen LogP contribution is -2.80. The Morgan fingerprint density at radius 3 is 2.84 bits per heavy atom. The molecule has 1 aliphatic carbocycles. The maximum Gasteiger partial charge on any atom is 0.356 e. The first-order valence-electron chi connectivity index (χ1n) is 11.2. The fraction of sp³-hybridized carbons (Fsp3) is 0.583. The molecule has 0 N–H and O–H groups in total. The first-order chi connectivity index (χ1) is 15.4. The number of carbonyl (C=O) groups is 1. The van der Waals surface area contributed by atoms with Crippen molar-refractivity contribution in [3.8, 4) is 5.75 Å². The Labute approximate surface area is 193 Å². The molecule has 1 aromatic rings. The van der Waals surface area contributed by atoms with Crippen molar-refractivity contribution in [2.45, 2.75) is 49.0 Å². The predicted octanol–water partition coefficient (Wildman–Crippen LogP) is 2.42. The van der Waals surface area contributed by atoms with Gasteiger partial charge in [-0.2, -0.15) is 0 Å². The molecule has 8 heteroatoms. The number of carbonyl (C=O) groups excluding carboxylic acids is 1. The van der Waals surface area contributed by atoms with E-state index in [1.165, 1.54) is 12.7 Å². The van der Waals surface area contributed by atoms with Crippen molar-refractivity contribution in [2.75, 3.05) is 39.3 Å². The highest BCUT2D eigenvalue weighted by atomic mass is 32.1. The van der Waals surface area contributed by atoms with Crippen LogP contribution in [0.4, 0.5) is 5.69 Å². The van der Waals surface area contributed by atoms with E-state index in [0.29, 0.717) is 0 Å². The van der Waals surface area contributed by atoms with Crippen LogP contribution in [0.5, 0.6) is 5.75 Å². The van der Waals surface area contributed by atoms with Gasteiger partial charge in [0.1, 0.15) is 5.75 Å². The van der Waals surface area contributed by atoms with Gasteiger partial charge in [-0.25, -0.2) is 4.79 Å². The van der Waals surface area contributed by atoms with Gasteiger partial charge in [0.15, 0.2) is 6.10 Å². The Morgan fingerprint density at radius 2 is 2.12 bits per heavy atom. The highest BCUT2D eigenvalue weighted by Crippen LogP contribution is 2.69. The molecule has 5 aliphatic rings. The molecule has 4 heterocycles. The number of thiocarbonyl (C=S) groups is 1. The number of methoxy groups -OCH3 is 2. The Bertz CT molecular complexity index is 1060. The van der Waals surface area contributed by atoms with Crippen molar-refractivity contribution in [1.82, 2.24) is 4.90 Å². The summed E-state index contributed by atoms with van der Waals surface area (Å²) >= 11 is 5.44. The SMILES string of the molecule is CC[C@]12C=CCN3CC[C@@]4(c5ccc(OC)cc5N(C)[C@H]4[C@]4(C(=O)OC)OC(=S)O[C@H]14)[C@@H]32. The molecular weight excluding hydrogens is 428 g/mol. The molecule has 0 radical (unpaired) electrons. The monoisotopic (exact) mass is 456 g/mol. The molecule has 1 saturated carbocycles. The molecule has 0 bridgehead atoms. The molecule has 6 atom stereocenters. The first-order valence-corrected chi connectivity index (χ1v) is 11.6. The normalized spacial score (nSPS) is 40.7. The van der Waals surface area contributed by atoms with E-state index in [4.69, 9.17) is 31.2 Å². The van der Waals surface area contributed by atoms with Crippen LogP contribution in [0.15, 0.2) is 30.4 Å². The van der Waals surface area contributed by atoms with E-state index in [1.54, 1.807) is 7.11 Å². The third kappa shape index (κ3) is 1.98. The zero-order chi connectivity index (χ0) is 22.5. The molecule has 170 valence electrons. The van der Waals surface area contributed by atoms with Gasteiger partial charge in [-0.3, -0.25) is 4.90 Å². The Kier molecular flexibility index (Phi) is 4.05. The van der Waals surface area contributed by atoms with E-state index in [9.17, 15) is 4.79 Å². The molecule has 32 heavy (non-hydrogen) atoms. The van der Waals surface area contributed by atoms with Crippen LogP contribution in [0.3, 0.4) is 0 Å². The zero-order valence-corrected chi connectivity index (χ0v) is 19.6. The van der Waals surface area contributed by atoms with E-state index in [2.05, 4.69) is 41.0 Å². The van der Waals surface area contributed by atoms with Crippen molar-refractivity contribution in [3.05, 3.63) is 35.9 Å². The smallest absolute Gasteiger partial charge is 0.356 e. The number of likely N-dealkylation sites (N-methyl/N-ethyl adjacent to an activating group) is 1. The van der Waals surface area contributed by atoms with Crippen LogP contribution in [0.1, 0.15) is 25.3 Å². The quantitative estimate of drug-likeness (QED) is 0.391. The molecule has 4 aliphatic heterocycles. The molecule has 0 unspecified atom stereocenters. The molecule has 7 nitrogen and oxygen atoms in total. The number of hydrogen-bond donors (Lipinski definition) is 0. The second kappa shape index (κ2) is 6.38. The average molecular weight is 457 g/mol. The minimum Gasteiger partial charge on any atom is -0.497 e. The van der Waals surface area contributed by atoms with Crippen LogP contribution in [-0.4, -0.2) is 74.3 Å². The number of esters is 1. The van der Waals surface area contributed by atoms with Crippen molar-refractivity contribution in [2.24, 2.45) is 5.41 Å². The minimum absolute atomic E-state index is 0.0239. The minimum atomic E-state index is -1.36. The number of anilines is 1. The summed E-state index contributed by atoms with van der Waals surface area (Å²) in [6.45, 7) is 4.00. The van der Waals surface area contributed by atoms with Crippen LogP contribution in [-0.2, 0) is 24.4 Å². The maximum absolute atomic E-state index is 13.7. The predicted molar refractivity (Wildman–Crippen MR) is 122 cm³/mol. The highest BCUT2D eigenvalue weighted by Gasteiger charge is 2.83. The van der Waals surface area contributed by atoms with Crippen LogP contribution in [0.2, 0.25) is 0 Å². The third-order valence-electron chi connectivity index (χ3n) is 8.77. The summed E-state index contributed by atoms with van der Waals surface area (Å²) in [6.07, 6.45) is 5.61. The Balaban J connectivity index is 1.71. The lowest BCUT2D eigenvalue weighted by atomic mass is 9.48. The molecule has 3 fully saturated rings. The van der Waals surface area contributed by atoms with Gasteiger partial charge >= 0.3 is 11.2 Å². The van der Waals surface area contributed by atoms with Gasteiger partial charge in [0.25, 0.3) is 5.60 Å². The molecule has 0 amide bonds. The van der Waals surface area contributed by atoms with Gasteiger partial charge < -0.3 is 23.8 Å². The fourth-order valence-corrected chi connectivity index (χ4v) is 8.12. The standard InChI is InChI=1S/C24H28N2O5S/c1-5-22-9-6-11-26-12-10-23(17(22)26)15-8-7-14(28-3)13-16(15)25(2)18(23)24(20(27)29-4)19(22)30-21(32)31-24/h6-9,13,17-19H,5,10-12H2,1-4H3/t17-,18+,19+,22+,23+,24-/m0/s1. The summed E-state index contributed by atoms with van der Waals surface area (Å²) in [5.41, 5.74) is 0.139. The summed E-state index contributed by atoms with van der Waals surface area (Å²) in [6, 6.07) is 6.08. The van der Waals surface area contributed by atoms with Crippen LogP contribution in [0, 0.1) is 5.41 Å². The van der Waals surface area contributed by atoms with Gasteiger partial charge in [-0.15, -0.1) is 0 Å². The number of nitrogens with zero attached hydrogens (tertiary/aromatic N) is 2. The van der Waals surface area contributed by atoms with Crippen molar-refractivity contribution in [1.29, 1.82) is 0 Å². The molecule has 0 aromatic heterocycles. The molecule has 1 aromatic carbocycles. The number of fused-ring (bicyclic) bond motifs is 4. The lowest BCUT2D eigenvalue weighted by molar-refractivity contribution is -0.186. The Hall–Kier alpha value is -2.32.